The number of nitrogens with zero attached hydrogens (tertiary/aromatic N) is 1. The normalized spacial score (nSPS) is 12.2. The summed E-state index contributed by atoms with van der Waals surface area (Å²) >= 11 is 11.7. The van der Waals surface area contributed by atoms with Crippen molar-refractivity contribution < 1.29 is 13.2 Å². The van der Waals surface area contributed by atoms with Gasteiger partial charge in [0.15, 0.2) is 0 Å². The van der Waals surface area contributed by atoms with E-state index >= 15 is 0 Å². The van der Waals surface area contributed by atoms with E-state index in [-0.39, 0.29) is 33.3 Å². The number of hydrogen-bond donors (Lipinski definition) is 2. The molecule has 1 atom stereocenters. The maximum atomic E-state index is 12.5. The summed E-state index contributed by atoms with van der Waals surface area (Å²) in [4.78, 5) is 16.3. The van der Waals surface area contributed by atoms with Gasteiger partial charge in [0.25, 0.3) is 10.0 Å². The Morgan fingerprint density at radius 1 is 1.00 bits per heavy atom. The number of rotatable bonds is 7. The van der Waals surface area contributed by atoms with Crippen LogP contribution in [0.3, 0.4) is 0 Å². The number of benzene rings is 2. The van der Waals surface area contributed by atoms with Gasteiger partial charge in [-0.15, -0.1) is 0 Å². The maximum Gasteiger partial charge on any atom is 0.261 e. The lowest BCUT2D eigenvalue weighted by Crippen LogP contribution is -2.28. The summed E-state index contributed by atoms with van der Waals surface area (Å²) in [6.45, 7) is 1.90. The van der Waals surface area contributed by atoms with E-state index in [1.807, 2.05) is 19.1 Å². The Kier molecular flexibility index (Phi) is 6.97. The minimum Gasteiger partial charge on any atom is -0.349 e. The summed E-state index contributed by atoms with van der Waals surface area (Å²) in [5, 5.41) is 3.36. The molecule has 0 bridgehead atoms. The van der Waals surface area contributed by atoms with Gasteiger partial charge in [-0.2, -0.15) is 0 Å². The molecule has 0 aliphatic heterocycles. The van der Waals surface area contributed by atoms with Crippen LogP contribution in [-0.2, 0) is 21.2 Å². The third kappa shape index (κ3) is 5.72. The van der Waals surface area contributed by atoms with Crippen molar-refractivity contribution in [1.82, 2.24) is 10.3 Å². The number of carbonyl (C=O) groups excluding carboxylic acids is 1. The van der Waals surface area contributed by atoms with Crippen LogP contribution in [0.25, 0.3) is 0 Å². The number of sulfonamides is 1. The lowest BCUT2D eigenvalue weighted by molar-refractivity contribution is -0.121. The first kappa shape index (κ1) is 22.1. The van der Waals surface area contributed by atoms with Gasteiger partial charge in [-0.25, -0.2) is 8.42 Å². The fourth-order valence-corrected chi connectivity index (χ4v) is 4.21. The molecule has 0 fully saturated rings. The van der Waals surface area contributed by atoms with Crippen molar-refractivity contribution in [1.29, 1.82) is 0 Å². The molecular formula is C21H19Cl2N3O3S. The first-order valence-electron chi connectivity index (χ1n) is 9.01. The van der Waals surface area contributed by atoms with E-state index in [0.29, 0.717) is 5.69 Å². The molecule has 0 saturated carbocycles. The molecule has 0 aliphatic rings. The van der Waals surface area contributed by atoms with Crippen molar-refractivity contribution in [2.45, 2.75) is 24.3 Å². The molecule has 1 heterocycles. The molecule has 1 amide bonds. The molecule has 0 aliphatic carbocycles. The van der Waals surface area contributed by atoms with Crippen LogP contribution >= 0.6 is 23.2 Å². The predicted octanol–water partition coefficient (Wildman–Crippen LogP) is 4.61. The SMILES string of the molecule is CC(NC(=O)Cc1ccc(NS(=O)(=O)c2ccc(Cl)c(Cl)c2)cc1)c1ccncc1. The van der Waals surface area contributed by atoms with Crippen molar-refractivity contribution in [3.8, 4) is 0 Å². The molecule has 0 saturated heterocycles. The summed E-state index contributed by atoms with van der Waals surface area (Å²) in [6.07, 6.45) is 3.53. The molecular weight excluding hydrogens is 445 g/mol. The van der Waals surface area contributed by atoms with Crippen LogP contribution in [0.15, 0.2) is 71.9 Å². The zero-order chi connectivity index (χ0) is 21.7. The zero-order valence-electron chi connectivity index (χ0n) is 16.0. The Bertz CT molecular complexity index is 1140. The summed E-state index contributed by atoms with van der Waals surface area (Å²) in [5.74, 6) is -0.136. The number of anilines is 1. The second-order valence-corrected chi connectivity index (χ2v) is 9.12. The summed E-state index contributed by atoms with van der Waals surface area (Å²) in [5.41, 5.74) is 2.09. The molecule has 6 nitrogen and oxygen atoms in total. The molecule has 1 unspecified atom stereocenters. The lowest BCUT2D eigenvalue weighted by atomic mass is 10.1. The summed E-state index contributed by atoms with van der Waals surface area (Å²) in [6, 6.07) is 14.2. The number of aromatic nitrogens is 1. The van der Waals surface area contributed by atoms with E-state index in [1.54, 1.807) is 36.7 Å². The maximum absolute atomic E-state index is 12.5. The lowest BCUT2D eigenvalue weighted by Gasteiger charge is -2.14. The quantitative estimate of drug-likeness (QED) is 0.535. The number of pyridine rings is 1. The molecule has 1 aromatic heterocycles. The second-order valence-electron chi connectivity index (χ2n) is 6.62. The largest absolute Gasteiger partial charge is 0.349 e. The van der Waals surface area contributed by atoms with Crippen LogP contribution in [0.2, 0.25) is 10.0 Å². The van der Waals surface area contributed by atoms with Crippen LogP contribution < -0.4 is 10.0 Å². The molecule has 0 spiro atoms. The van der Waals surface area contributed by atoms with Gasteiger partial charge in [0.1, 0.15) is 0 Å². The number of carbonyl (C=O) groups is 1. The van der Waals surface area contributed by atoms with Crippen molar-refractivity contribution in [2.24, 2.45) is 0 Å². The number of amides is 1. The molecule has 2 N–H and O–H groups in total. The van der Waals surface area contributed by atoms with Crippen LogP contribution in [0, 0.1) is 0 Å². The molecule has 0 radical (unpaired) electrons. The summed E-state index contributed by atoms with van der Waals surface area (Å²) in [7, 11) is -3.81. The van der Waals surface area contributed by atoms with E-state index in [2.05, 4.69) is 15.0 Å². The van der Waals surface area contributed by atoms with Gasteiger partial charge in [0, 0.05) is 18.1 Å². The molecule has 9 heteroatoms. The molecule has 3 rings (SSSR count). The molecule has 2 aromatic carbocycles. The van der Waals surface area contributed by atoms with E-state index in [4.69, 9.17) is 23.2 Å². The molecule has 156 valence electrons. The van der Waals surface area contributed by atoms with Crippen molar-refractivity contribution in [3.63, 3.8) is 0 Å². The average Bonchev–Trinajstić information content (AvgIpc) is 2.71. The standard InChI is InChI=1S/C21H19Cl2N3O3S/c1-14(16-8-10-24-11-9-16)25-21(27)12-15-2-4-17(5-3-15)26-30(28,29)18-6-7-19(22)20(23)13-18/h2-11,13-14,26H,12H2,1H3,(H,25,27). The van der Waals surface area contributed by atoms with Crippen LogP contribution in [0.1, 0.15) is 24.1 Å². The smallest absolute Gasteiger partial charge is 0.261 e. The first-order chi connectivity index (χ1) is 14.2. The van der Waals surface area contributed by atoms with Crippen molar-refractivity contribution >= 4 is 44.8 Å². The van der Waals surface area contributed by atoms with Gasteiger partial charge in [0.05, 0.1) is 27.4 Å². The Balaban J connectivity index is 1.61. The number of halogens is 2. The zero-order valence-corrected chi connectivity index (χ0v) is 18.3. The third-order valence-corrected chi connectivity index (χ3v) is 6.47. The highest BCUT2D eigenvalue weighted by molar-refractivity contribution is 7.92. The van der Waals surface area contributed by atoms with Crippen LogP contribution in [0.5, 0.6) is 0 Å². The number of nitrogens with one attached hydrogen (secondary N) is 2. The van der Waals surface area contributed by atoms with Crippen LogP contribution in [-0.4, -0.2) is 19.3 Å². The monoisotopic (exact) mass is 463 g/mol. The van der Waals surface area contributed by atoms with Gasteiger partial charge in [-0.3, -0.25) is 14.5 Å². The van der Waals surface area contributed by atoms with Crippen LogP contribution in [0.4, 0.5) is 5.69 Å². The van der Waals surface area contributed by atoms with E-state index < -0.39 is 10.0 Å². The Labute approximate surface area is 185 Å². The minimum atomic E-state index is -3.81. The Hall–Kier alpha value is -2.61. The molecule has 3 aromatic rings. The van der Waals surface area contributed by atoms with E-state index in [0.717, 1.165) is 11.1 Å². The van der Waals surface area contributed by atoms with Gasteiger partial charge in [-0.1, -0.05) is 35.3 Å². The topological polar surface area (TPSA) is 88.2 Å². The van der Waals surface area contributed by atoms with E-state index in [9.17, 15) is 13.2 Å². The highest BCUT2D eigenvalue weighted by Gasteiger charge is 2.16. The highest BCUT2D eigenvalue weighted by atomic mass is 35.5. The van der Waals surface area contributed by atoms with Crippen molar-refractivity contribution in [3.05, 3.63) is 88.2 Å². The predicted molar refractivity (Wildman–Crippen MR) is 118 cm³/mol. The third-order valence-electron chi connectivity index (χ3n) is 4.36. The average molecular weight is 464 g/mol. The number of hydrogen-bond acceptors (Lipinski definition) is 4. The fraction of sp³-hybridized carbons (Fsp3) is 0.143. The fourth-order valence-electron chi connectivity index (χ4n) is 2.76. The van der Waals surface area contributed by atoms with Gasteiger partial charge in [0.2, 0.25) is 5.91 Å². The summed E-state index contributed by atoms with van der Waals surface area (Å²) < 4.78 is 27.5. The first-order valence-corrected chi connectivity index (χ1v) is 11.2. The van der Waals surface area contributed by atoms with Gasteiger partial charge >= 0.3 is 0 Å². The van der Waals surface area contributed by atoms with E-state index in [1.165, 1.54) is 18.2 Å². The Morgan fingerprint density at radius 2 is 1.67 bits per heavy atom. The minimum absolute atomic E-state index is 0.00505. The molecule has 30 heavy (non-hydrogen) atoms. The Morgan fingerprint density at radius 3 is 2.30 bits per heavy atom. The second kappa shape index (κ2) is 9.47. The highest BCUT2D eigenvalue weighted by Crippen LogP contribution is 2.26. The van der Waals surface area contributed by atoms with Gasteiger partial charge in [-0.05, 0) is 60.5 Å². The van der Waals surface area contributed by atoms with Crippen molar-refractivity contribution in [2.75, 3.05) is 4.72 Å². The van der Waals surface area contributed by atoms with Gasteiger partial charge < -0.3 is 5.32 Å².